The van der Waals surface area contributed by atoms with Crippen molar-refractivity contribution < 1.29 is 4.74 Å². The monoisotopic (exact) mass is 385 g/mol. The van der Waals surface area contributed by atoms with Crippen molar-refractivity contribution in [2.45, 2.75) is 39.7 Å². The van der Waals surface area contributed by atoms with E-state index in [1.54, 1.807) is 4.57 Å². The molecular weight excluding hydrogens is 354 g/mol. The number of unbranched alkanes of at least 4 members (excludes halogenated alkanes) is 1. The average Bonchev–Trinajstić information content (AvgIpc) is 2.69. The van der Waals surface area contributed by atoms with Crippen LogP contribution in [-0.2, 0) is 17.7 Å². The summed E-state index contributed by atoms with van der Waals surface area (Å²) in [6.45, 7) is 9.44. The molecule has 7 heteroatoms. The van der Waals surface area contributed by atoms with Gasteiger partial charge < -0.3 is 15.8 Å². The fourth-order valence-electron chi connectivity index (χ4n) is 3.52. The molecule has 3 rings (SSSR count). The van der Waals surface area contributed by atoms with Crippen LogP contribution in [-0.4, -0.2) is 47.3 Å². The maximum absolute atomic E-state index is 12.5. The lowest BCUT2D eigenvalue weighted by Gasteiger charge is -2.26. The van der Waals surface area contributed by atoms with Gasteiger partial charge in [0.1, 0.15) is 5.82 Å². The molecule has 0 unspecified atom stereocenters. The van der Waals surface area contributed by atoms with Crippen LogP contribution in [0.4, 0.5) is 17.5 Å². The highest BCUT2D eigenvalue weighted by Gasteiger charge is 2.10. The van der Waals surface area contributed by atoms with E-state index in [1.807, 2.05) is 6.07 Å². The van der Waals surface area contributed by atoms with E-state index in [-0.39, 0.29) is 11.5 Å². The van der Waals surface area contributed by atoms with Gasteiger partial charge in [0, 0.05) is 31.4 Å². The molecule has 1 aliphatic heterocycles. The quantitative estimate of drug-likeness (QED) is 0.679. The Hall–Kier alpha value is -2.38. The Labute approximate surface area is 166 Å². The van der Waals surface area contributed by atoms with Crippen LogP contribution in [0.3, 0.4) is 0 Å². The average molecular weight is 386 g/mol. The Morgan fingerprint density at radius 2 is 1.93 bits per heavy atom. The van der Waals surface area contributed by atoms with Crippen molar-refractivity contribution in [3.05, 3.63) is 45.7 Å². The molecule has 0 amide bonds. The predicted molar refractivity (Wildman–Crippen MR) is 113 cm³/mol. The van der Waals surface area contributed by atoms with E-state index in [9.17, 15) is 4.79 Å². The molecule has 28 heavy (non-hydrogen) atoms. The number of aromatic nitrogens is 2. The van der Waals surface area contributed by atoms with Crippen LogP contribution in [0.1, 0.15) is 30.9 Å². The van der Waals surface area contributed by atoms with Gasteiger partial charge in [-0.3, -0.25) is 14.3 Å². The first-order chi connectivity index (χ1) is 13.6. The molecule has 1 saturated heterocycles. The number of hydrogen-bond donors (Lipinski definition) is 2. The molecular formula is C21H31N5O2. The third kappa shape index (κ3) is 5.33. The smallest absolute Gasteiger partial charge is 0.256 e. The number of ether oxygens (including phenoxy) is 1. The van der Waals surface area contributed by atoms with Crippen LogP contribution in [0, 0.1) is 6.92 Å². The van der Waals surface area contributed by atoms with E-state index in [0.717, 1.165) is 57.8 Å². The minimum absolute atomic E-state index is 0.121. The van der Waals surface area contributed by atoms with Crippen molar-refractivity contribution in [2.75, 3.05) is 43.9 Å². The van der Waals surface area contributed by atoms with E-state index >= 15 is 0 Å². The van der Waals surface area contributed by atoms with Gasteiger partial charge in [0.05, 0.1) is 13.2 Å². The Balaban J connectivity index is 1.58. The van der Waals surface area contributed by atoms with E-state index in [2.05, 4.69) is 41.2 Å². The summed E-state index contributed by atoms with van der Waals surface area (Å²) in [6, 6.07) is 7.66. The highest BCUT2D eigenvalue weighted by atomic mass is 16.5. The number of anilines is 3. The van der Waals surface area contributed by atoms with Gasteiger partial charge in [0.15, 0.2) is 0 Å². The van der Waals surface area contributed by atoms with Crippen molar-refractivity contribution in [3.8, 4) is 0 Å². The SMILES string of the molecule is CCc1cc(Nc2cc(=O)n(CCCCN3CCOCC3)c(N)n2)ccc1C. The van der Waals surface area contributed by atoms with Gasteiger partial charge in [-0.2, -0.15) is 4.98 Å². The first-order valence-corrected chi connectivity index (χ1v) is 10.1. The number of nitrogens with one attached hydrogen (secondary N) is 1. The molecule has 3 N–H and O–H groups in total. The highest BCUT2D eigenvalue weighted by molar-refractivity contribution is 5.58. The van der Waals surface area contributed by atoms with Crippen LogP contribution in [0.2, 0.25) is 0 Å². The first kappa shape index (κ1) is 20.4. The summed E-state index contributed by atoms with van der Waals surface area (Å²) in [5.74, 6) is 0.738. The van der Waals surface area contributed by atoms with Gasteiger partial charge in [0.25, 0.3) is 5.56 Å². The Bertz CT molecular complexity index is 843. The third-order valence-electron chi connectivity index (χ3n) is 5.25. The summed E-state index contributed by atoms with van der Waals surface area (Å²) in [4.78, 5) is 19.3. The van der Waals surface area contributed by atoms with Gasteiger partial charge >= 0.3 is 0 Å². The fraction of sp³-hybridized carbons (Fsp3) is 0.524. The molecule has 1 aromatic carbocycles. The van der Waals surface area contributed by atoms with E-state index in [0.29, 0.717) is 12.4 Å². The van der Waals surface area contributed by atoms with Crippen LogP contribution in [0.5, 0.6) is 0 Å². The van der Waals surface area contributed by atoms with Crippen molar-refractivity contribution >= 4 is 17.5 Å². The van der Waals surface area contributed by atoms with Crippen LogP contribution >= 0.6 is 0 Å². The zero-order valence-electron chi connectivity index (χ0n) is 16.9. The molecule has 0 bridgehead atoms. The lowest BCUT2D eigenvalue weighted by Crippen LogP contribution is -2.37. The van der Waals surface area contributed by atoms with Crippen LogP contribution < -0.4 is 16.6 Å². The maximum Gasteiger partial charge on any atom is 0.256 e. The predicted octanol–water partition coefficient (Wildman–Crippen LogP) is 2.55. The molecule has 0 atom stereocenters. The molecule has 0 radical (unpaired) electrons. The molecule has 152 valence electrons. The second kappa shape index (κ2) is 9.71. The van der Waals surface area contributed by atoms with Gasteiger partial charge in [0.2, 0.25) is 5.95 Å². The minimum Gasteiger partial charge on any atom is -0.379 e. The fourth-order valence-corrected chi connectivity index (χ4v) is 3.52. The lowest BCUT2D eigenvalue weighted by atomic mass is 10.1. The molecule has 1 fully saturated rings. The summed E-state index contributed by atoms with van der Waals surface area (Å²) in [5.41, 5.74) is 9.39. The summed E-state index contributed by atoms with van der Waals surface area (Å²) in [6.07, 6.45) is 2.88. The van der Waals surface area contributed by atoms with Gasteiger partial charge in [-0.25, -0.2) is 0 Å². The topological polar surface area (TPSA) is 85.4 Å². The van der Waals surface area contributed by atoms with Crippen molar-refractivity contribution in [1.82, 2.24) is 14.5 Å². The van der Waals surface area contributed by atoms with E-state index < -0.39 is 0 Å². The number of nitrogens with two attached hydrogens (primary N) is 1. The number of rotatable bonds is 8. The summed E-state index contributed by atoms with van der Waals surface area (Å²) < 4.78 is 6.91. The van der Waals surface area contributed by atoms with Crippen molar-refractivity contribution in [2.24, 2.45) is 0 Å². The van der Waals surface area contributed by atoms with Gasteiger partial charge in [-0.15, -0.1) is 0 Å². The Morgan fingerprint density at radius 1 is 1.18 bits per heavy atom. The maximum atomic E-state index is 12.5. The van der Waals surface area contributed by atoms with Crippen molar-refractivity contribution in [1.29, 1.82) is 0 Å². The molecule has 2 aromatic rings. The molecule has 7 nitrogen and oxygen atoms in total. The number of hydrogen-bond acceptors (Lipinski definition) is 6. The number of aryl methyl sites for hydroxylation is 2. The minimum atomic E-state index is -0.121. The number of benzene rings is 1. The molecule has 2 heterocycles. The molecule has 1 aromatic heterocycles. The number of morpholine rings is 1. The Kier molecular flexibility index (Phi) is 7.06. The summed E-state index contributed by atoms with van der Waals surface area (Å²) in [7, 11) is 0. The molecule has 1 aliphatic rings. The second-order valence-electron chi connectivity index (χ2n) is 7.27. The number of nitrogens with zero attached hydrogens (tertiary/aromatic N) is 3. The molecule has 0 spiro atoms. The largest absolute Gasteiger partial charge is 0.379 e. The lowest BCUT2D eigenvalue weighted by molar-refractivity contribution is 0.0370. The van der Waals surface area contributed by atoms with E-state index in [4.69, 9.17) is 10.5 Å². The van der Waals surface area contributed by atoms with Gasteiger partial charge in [-0.05, 0) is 56.0 Å². The number of nitrogen functional groups attached to an aromatic ring is 1. The highest BCUT2D eigenvalue weighted by Crippen LogP contribution is 2.19. The molecule has 0 saturated carbocycles. The van der Waals surface area contributed by atoms with Crippen molar-refractivity contribution in [3.63, 3.8) is 0 Å². The third-order valence-corrected chi connectivity index (χ3v) is 5.25. The zero-order chi connectivity index (χ0) is 19.9. The second-order valence-corrected chi connectivity index (χ2v) is 7.27. The zero-order valence-corrected chi connectivity index (χ0v) is 16.9. The first-order valence-electron chi connectivity index (χ1n) is 10.1. The normalized spacial score (nSPS) is 14.9. The van der Waals surface area contributed by atoms with Crippen LogP contribution in [0.15, 0.2) is 29.1 Å². The van der Waals surface area contributed by atoms with E-state index in [1.165, 1.54) is 17.2 Å². The van der Waals surface area contributed by atoms with Crippen LogP contribution in [0.25, 0.3) is 0 Å². The molecule has 0 aliphatic carbocycles. The summed E-state index contributed by atoms with van der Waals surface area (Å²) >= 11 is 0. The Morgan fingerprint density at radius 3 is 2.64 bits per heavy atom. The van der Waals surface area contributed by atoms with Gasteiger partial charge in [-0.1, -0.05) is 13.0 Å². The summed E-state index contributed by atoms with van der Waals surface area (Å²) in [5, 5.41) is 3.20. The standard InChI is InChI=1S/C21H31N5O2/c1-3-17-14-18(7-6-16(17)2)23-19-15-20(27)26(21(22)24-19)9-5-4-8-25-10-12-28-13-11-25/h6-7,14-15,23H,3-5,8-13H2,1-2H3,(H2,22,24).